The van der Waals surface area contributed by atoms with Gasteiger partial charge in [-0.2, -0.15) is 0 Å². The lowest BCUT2D eigenvalue weighted by Gasteiger charge is -2.09. The average Bonchev–Trinajstić information content (AvgIpc) is 3.44. The number of carbonyl (C=O) groups excluding carboxylic acids is 2. The first kappa shape index (κ1) is 21.3. The molecule has 0 aliphatic carbocycles. The Kier molecular flexibility index (Phi) is 6.61. The van der Waals surface area contributed by atoms with Crippen LogP contribution in [0.3, 0.4) is 0 Å². The molecular weight excluding hydrogens is 428 g/mol. The van der Waals surface area contributed by atoms with Crippen LogP contribution in [-0.4, -0.2) is 37.3 Å². The smallest absolute Gasteiger partial charge is 0.234 e. The Labute approximate surface area is 188 Å². The third kappa shape index (κ3) is 5.41. The van der Waals surface area contributed by atoms with Gasteiger partial charge in [-0.25, -0.2) is 0 Å². The van der Waals surface area contributed by atoms with Gasteiger partial charge in [0.05, 0.1) is 18.6 Å². The van der Waals surface area contributed by atoms with Crippen molar-refractivity contribution in [3.8, 4) is 11.4 Å². The van der Waals surface area contributed by atoms with Gasteiger partial charge >= 0.3 is 0 Å². The summed E-state index contributed by atoms with van der Waals surface area (Å²) in [7, 11) is 0. The number of anilines is 2. The second kappa shape index (κ2) is 9.92. The average molecular weight is 449 g/mol. The van der Waals surface area contributed by atoms with E-state index in [9.17, 15) is 9.59 Å². The van der Waals surface area contributed by atoms with E-state index in [1.165, 1.54) is 18.7 Å². The first-order valence-electron chi connectivity index (χ1n) is 9.75. The summed E-state index contributed by atoms with van der Waals surface area (Å²) in [6, 6.07) is 14.3. The lowest BCUT2D eigenvalue weighted by Crippen LogP contribution is -2.15. The Morgan fingerprint density at radius 2 is 1.72 bits per heavy atom. The van der Waals surface area contributed by atoms with Crippen LogP contribution in [0, 0.1) is 0 Å². The zero-order chi connectivity index (χ0) is 22.3. The number of carbonyl (C=O) groups is 2. The molecule has 0 aliphatic heterocycles. The predicted molar refractivity (Wildman–Crippen MR) is 121 cm³/mol. The molecule has 2 N–H and O–H groups in total. The van der Waals surface area contributed by atoms with Gasteiger partial charge in [-0.3, -0.25) is 19.1 Å². The van der Waals surface area contributed by atoms with Gasteiger partial charge in [0.25, 0.3) is 0 Å². The Bertz CT molecular complexity index is 1190. The molecule has 0 spiro atoms. The molecule has 0 fully saturated rings. The fourth-order valence-electron chi connectivity index (χ4n) is 2.98. The molecule has 0 unspecified atom stereocenters. The molecule has 4 aromatic rings. The summed E-state index contributed by atoms with van der Waals surface area (Å²) in [6.07, 6.45) is 5.00. The van der Waals surface area contributed by atoms with Crippen molar-refractivity contribution in [3.05, 3.63) is 72.9 Å². The molecule has 1 aromatic carbocycles. The highest BCUT2D eigenvalue weighted by Crippen LogP contribution is 2.25. The van der Waals surface area contributed by atoms with E-state index in [1.54, 1.807) is 42.9 Å². The molecule has 162 valence electrons. The van der Waals surface area contributed by atoms with Crippen LogP contribution in [0.15, 0.2) is 76.8 Å². The maximum Gasteiger partial charge on any atom is 0.234 e. The van der Waals surface area contributed by atoms with Gasteiger partial charge < -0.3 is 15.1 Å². The molecule has 0 atom stereocenters. The maximum atomic E-state index is 12.5. The fraction of sp³-hybridized carbons (Fsp3) is 0.136. The van der Waals surface area contributed by atoms with Gasteiger partial charge in [0.15, 0.2) is 11.0 Å². The Balaban J connectivity index is 1.45. The Hall–Kier alpha value is -3.92. The number of furan rings is 1. The van der Waals surface area contributed by atoms with Crippen LogP contribution in [0.2, 0.25) is 0 Å². The van der Waals surface area contributed by atoms with Crippen molar-refractivity contribution < 1.29 is 14.0 Å². The first-order chi connectivity index (χ1) is 15.6. The summed E-state index contributed by atoms with van der Waals surface area (Å²) < 4.78 is 7.40. The predicted octanol–water partition coefficient (Wildman–Crippen LogP) is 3.67. The van der Waals surface area contributed by atoms with Crippen LogP contribution < -0.4 is 10.6 Å². The van der Waals surface area contributed by atoms with Crippen molar-refractivity contribution in [2.45, 2.75) is 18.6 Å². The lowest BCUT2D eigenvalue weighted by molar-refractivity contribution is -0.114. The highest BCUT2D eigenvalue weighted by atomic mass is 32.2. The first-order valence-corrected chi connectivity index (χ1v) is 10.7. The molecule has 0 saturated carbocycles. The minimum Gasteiger partial charge on any atom is -0.467 e. The molecule has 0 bridgehead atoms. The number of pyridine rings is 1. The molecule has 0 aliphatic rings. The summed E-state index contributed by atoms with van der Waals surface area (Å²) in [4.78, 5) is 27.6. The van der Waals surface area contributed by atoms with E-state index in [1.807, 2.05) is 28.8 Å². The minimum absolute atomic E-state index is 0.150. The van der Waals surface area contributed by atoms with Crippen molar-refractivity contribution in [1.29, 1.82) is 0 Å². The van der Waals surface area contributed by atoms with E-state index < -0.39 is 0 Å². The van der Waals surface area contributed by atoms with Gasteiger partial charge in [-0.15, -0.1) is 10.2 Å². The third-order valence-electron chi connectivity index (χ3n) is 4.37. The SMILES string of the molecule is CC(=O)Nc1ccc(NC(=O)CSc2nnc(-c3ccncc3)n2Cc2ccco2)cc1. The number of rotatable bonds is 8. The molecule has 3 aromatic heterocycles. The monoisotopic (exact) mass is 448 g/mol. The van der Waals surface area contributed by atoms with E-state index in [2.05, 4.69) is 25.8 Å². The largest absolute Gasteiger partial charge is 0.467 e. The standard InChI is InChI=1S/C22H20N6O3S/c1-15(29)24-17-4-6-18(7-5-17)25-20(30)14-32-22-27-26-21(16-8-10-23-11-9-16)28(22)13-19-3-2-12-31-19/h2-12H,13-14H2,1H3,(H,24,29)(H,25,30). The number of hydrogen-bond acceptors (Lipinski definition) is 7. The zero-order valence-electron chi connectivity index (χ0n) is 17.2. The second-order valence-electron chi connectivity index (χ2n) is 6.80. The number of nitrogens with one attached hydrogen (secondary N) is 2. The quantitative estimate of drug-likeness (QED) is 0.395. The van der Waals surface area contributed by atoms with Crippen LogP contribution in [0.5, 0.6) is 0 Å². The Morgan fingerprint density at radius 3 is 2.38 bits per heavy atom. The number of thioether (sulfide) groups is 1. The van der Waals surface area contributed by atoms with E-state index in [4.69, 9.17) is 4.42 Å². The topological polar surface area (TPSA) is 115 Å². The van der Waals surface area contributed by atoms with Crippen LogP contribution in [0.25, 0.3) is 11.4 Å². The molecule has 3 heterocycles. The van der Waals surface area contributed by atoms with Gasteiger partial charge in [-0.05, 0) is 48.5 Å². The Morgan fingerprint density at radius 1 is 1.00 bits per heavy atom. The highest BCUT2D eigenvalue weighted by Gasteiger charge is 2.17. The summed E-state index contributed by atoms with van der Waals surface area (Å²) in [5.41, 5.74) is 2.17. The summed E-state index contributed by atoms with van der Waals surface area (Å²) in [5.74, 6) is 1.24. The van der Waals surface area contributed by atoms with Gasteiger partial charge in [0.2, 0.25) is 11.8 Å². The molecular formula is C22H20N6O3S. The van der Waals surface area contributed by atoms with Crippen molar-refractivity contribution in [1.82, 2.24) is 19.7 Å². The number of aromatic nitrogens is 4. The number of nitrogens with zero attached hydrogens (tertiary/aromatic N) is 4. The molecule has 10 heteroatoms. The highest BCUT2D eigenvalue weighted by molar-refractivity contribution is 7.99. The number of benzene rings is 1. The second-order valence-corrected chi connectivity index (χ2v) is 7.75. The third-order valence-corrected chi connectivity index (χ3v) is 5.34. The molecule has 0 saturated heterocycles. The molecule has 4 rings (SSSR count). The van der Waals surface area contributed by atoms with Crippen molar-refractivity contribution in [3.63, 3.8) is 0 Å². The number of hydrogen-bond donors (Lipinski definition) is 2. The van der Waals surface area contributed by atoms with Crippen molar-refractivity contribution >= 4 is 35.0 Å². The van der Waals surface area contributed by atoms with Crippen LogP contribution in [-0.2, 0) is 16.1 Å². The van der Waals surface area contributed by atoms with Crippen LogP contribution in [0.4, 0.5) is 11.4 Å². The lowest BCUT2D eigenvalue weighted by atomic mass is 10.2. The fourth-order valence-corrected chi connectivity index (χ4v) is 3.72. The molecule has 32 heavy (non-hydrogen) atoms. The molecule has 9 nitrogen and oxygen atoms in total. The van der Waals surface area contributed by atoms with Crippen LogP contribution >= 0.6 is 11.8 Å². The minimum atomic E-state index is -0.180. The van der Waals surface area contributed by atoms with E-state index in [0.717, 1.165) is 11.3 Å². The molecule has 2 amide bonds. The van der Waals surface area contributed by atoms with Gasteiger partial charge in [-0.1, -0.05) is 11.8 Å². The number of amides is 2. The van der Waals surface area contributed by atoms with Crippen LogP contribution in [0.1, 0.15) is 12.7 Å². The zero-order valence-corrected chi connectivity index (χ0v) is 18.0. The maximum absolute atomic E-state index is 12.5. The summed E-state index contributed by atoms with van der Waals surface area (Å²) in [6.45, 7) is 1.88. The van der Waals surface area contributed by atoms with Crippen molar-refractivity contribution in [2.24, 2.45) is 0 Å². The van der Waals surface area contributed by atoms with Gasteiger partial charge in [0.1, 0.15) is 5.76 Å². The molecule has 0 radical (unpaired) electrons. The van der Waals surface area contributed by atoms with Crippen molar-refractivity contribution in [2.75, 3.05) is 16.4 Å². The summed E-state index contributed by atoms with van der Waals surface area (Å²) in [5, 5.41) is 14.7. The van der Waals surface area contributed by atoms with E-state index in [-0.39, 0.29) is 17.6 Å². The summed E-state index contributed by atoms with van der Waals surface area (Å²) >= 11 is 1.29. The van der Waals surface area contributed by atoms with E-state index in [0.29, 0.717) is 28.9 Å². The normalized spacial score (nSPS) is 10.7. The van der Waals surface area contributed by atoms with Gasteiger partial charge in [0, 0.05) is 36.3 Å². The van der Waals surface area contributed by atoms with E-state index >= 15 is 0 Å².